The van der Waals surface area contributed by atoms with Gasteiger partial charge in [0.2, 0.25) is 11.8 Å². The minimum atomic E-state index is -0.402. The van der Waals surface area contributed by atoms with Crippen LogP contribution in [0.5, 0.6) is 0 Å². The fraction of sp³-hybridized carbons (Fsp3) is 0.529. The molecule has 0 aliphatic carbocycles. The van der Waals surface area contributed by atoms with Crippen LogP contribution in [0.1, 0.15) is 25.8 Å². The summed E-state index contributed by atoms with van der Waals surface area (Å²) >= 11 is 6.16. The first-order valence-corrected chi connectivity index (χ1v) is 8.43. The molecular formula is C17H22ClN3O2. The van der Waals surface area contributed by atoms with Gasteiger partial charge < -0.3 is 15.5 Å². The van der Waals surface area contributed by atoms with Crippen molar-refractivity contribution in [1.29, 1.82) is 0 Å². The Kier molecular flexibility index (Phi) is 4.60. The number of piperazine rings is 1. The molecule has 1 aromatic rings. The summed E-state index contributed by atoms with van der Waals surface area (Å²) in [5.41, 5.74) is 1.02. The van der Waals surface area contributed by atoms with E-state index in [2.05, 4.69) is 10.6 Å². The largest absolute Gasteiger partial charge is 0.342 e. The maximum absolute atomic E-state index is 12.5. The van der Waals surface area contributed by atoms with Crippen LogP contribution < -0.4 is 10.6 Å². The van der Waals surface area contributed by atoms with E-state index in [1.807, 2.05) is 38.1 Å². The summed E-state index contributed by atoms with van der Waals surface area (Å²) in [6.45, 7) is 5.11. The highest BCUT2D eigenvalue weighted by Crippen LogP contribution is 2.25. The fourth-order valence-electron chi connectivity index (χ4n) is 3.31. The van der Waals surface area contributed by atoms with Gasteiger partial charge in [0.05, 0.1) is 0 Å². The molecule has 2 heterocycles. The molecule has 0 radical (unpaired) electrons. The normalized spacial score (nSPS) is 27.3. The van der Waals surface area contributed by atoms with E-state index >= 15 is 0 Å². The Hall–Kier alpha value is -1.59. The summed E-state index contributed by atoms with van der Waals surface area (Å²) in [5, 5.41) is 7.01. The van der Waals surface area contributed by atoms with Crippen molar-refractivity contribution in [2.45, 2.75) is 44.9 Å². The number of hydrogen-bond acceptors (Lipinski definition) is 3. The molecule has 0 aromatic heterocycles. The monoisotopic (exact) mass is 335 g/mol. The second kappa shape index (κ2) is 6.49. The van der Waals surface area contributed by atoms with Crippen LogP contribution in [0.25, 0.3) is 0 Å². The van der Waals surface area contributed by atoms with Gasteiger partial charge in [-0.15, -0.1) is 0 Å². The van der Waals surface area contributed by atoms with E-state index in [1.165, 1.54) is 0 Å². The number of hydrogen-bond donors (Lipinski definition) is 2. The van der Waals surface area contributed by atoms with Gasteiger partial charge in [0.1, 0.15) is 12.1 Å². The molecule has 2 fully saturated rings. The van der Waals surface area contributed by atoms with Crippen LogP contribution in [0, 0.1) is 5.92 Å². The Morgan fingerprint density at radius 3 is 2.78 bits per heavy atom. The number of amides is 2. The first-order valence-electron chi connectivity index (χ1n) is 8.05. The summed E-state index contributed by atoms with van der Waals surface area (Å²) in [6, 6.07) is 7.05. The lowest BCUT2D eigenvalue weighted by Gasteiger charge is -2.36. The molecule has 124 valence electrons. The molecular weight excluding hydrogens is 314 g/mol. The van der Waals surface area contributed by atoms with Crippen molar-refractivity contribution < 1.29 is 9.59 Å². The van der Waals surface area contributed by atoms with E-state index in [4.69, 9.17) is 11.6 Å². The van der Waals surface area contributed by atoms with E-state index in [1.54, 1.807) is 4.90 Å². The number of rotatable bonds is 4. The molecule has 6 heteroatoms. The van der Waals surface area contributed by atoms with Crippen LogP contribution in [0.3, 0.4) is 0 Å². The maximum Gasteiger partial charge on any atom is 0.246 e. The van der Waals surface area contributed by atoms with E-state index in [0.717, 1.165) is 10.6 Å². The maximum atomic E-state index is 12.5. The third-order valence-electron chi connectivity index (χ3n) is 4.66. The number of nitrogens with zero attached hydrogens (tertiary/aromatic N) is 1. The molecule has 2 N–H and O–H groups in total. The smallest absolute Gasteiger partial charge is 0.246 e. The quantitative estimate of drug-likeness (QED) is 0.877. The van der Waals surface area contributed by atoms with Gasteiger partial charge in [0, 0.05) is 24.2 Å². The Morgan fingerprint density at radius 2 is 2.09 bits per heavy atom. The van der Waals surface area contributed by atoms with Gasteiger partial charge >= 0.3 is 0 Å². The zero-order chi connectivity index (χ0) is 16.6. The average molecular weight is 336 g/mol. The molecule has 1 aromatic carbocycles. The fourth-order valence-corrected chi connectivity index (χ4v) is 3.52. The van der Waals surface area contributed by atoms with Gasteiger partial charge in [-0.2, -0.15) is 0 Å². The highest BCUT2D eigenvalue weighted by atomic mass is 35.5. The summed E-state index contributed by atoms with van der Waals surface area (Å²) < 4.78 is 0. The average Bonchev–Trinajstić information content (AvgIpc) is 2.95. The first-order chi connectivity index (χ1) is 11.0. The molecule has 0 saturated carbocycles. The van der Waals surface area contributed by atoms with Crippen molar-refractivity contribution in [1.82, 2.24) is 15.5 Å². The second-order valence-corrected chi connectivity index (χ2v) is 7.05. The second-order valence-electron chi connectivity index (χ2n) is 6.64. The van der Waals surface area contributed by atoms with Gasteiger partial charge in [-0.3, -0.25) is 9.59 Å². The van der Waals surface area contributed by atoms with Gasteiger partial charge in [-0.05, 0) is 24.0 Å². The molecule has 2 aliphatic rings. The van der Waals surface area contributed by atoms with E-state index < -0.39 is 6.04 Å². The van der Waals surface area contributed by atoms with E-state index in [9.17, 15) is 9.59 Å². The molecule has 0 bridgehead atoms. The minimum Gasteiger partial charge on any atom is -0.342 e. The van der Waals surface area contributed by atoms with Crippen molar-refractivity contribution in [3.8, 4) is 0 Å². The highest BCUT2D eigenvalue weighted by Gasteiger charge is 2.46. The molecule has 3 rings (SSSR count). The molecule has 0 spiro atoms. The molecule has 3 atom stereocenters. The van der Waals surface area contributed by atoms with E-state index in [0.29, 0.717) is 19.5 Å². The van der Waals surface area contributed by atoms with Crippen molar-refractivity contribution in [3.63, 3.8) is 0 Å². The van der Waals surface area contributed by atoms with Gasteiger partial charge in [0.15, 0.2) is 0 Å². The first kappa shape index (κ1) is 16.3. The Morgan fingerprint density at radius 1 is 1.35 bits per heavy atom. The number of halogens is 1. The van der Waals surface area contributed by atoms with Crippen LogP contribution in [0.4, 0.5) is 0 Å². The molecule has 23 heavy (non-hydrogen) atoms. The standard InChI is InChI=1S/C17H22ClN3O2/c1-10(2)15-17(23)21-9-12(7-14(21)16(22)20-15)19-8-11-5-3-4-6-13(11)18/h3-6,10,12,14-15,19H,7-9H2,1-2H3,(H,20,22)/t12-,14-,15+/m0/s1. The Labute approximate surface area is 141 Å². The summed E-state index contributed by atoms with van der Waals surface area (Å²) in [5.74, 6) is 0.0968. The predicted octanol–water partition coefficient (Wildman–Crippen LogP) is 1.55. The zero-order valence-electron chi connectivity index (χ0n) is 13.4. The van der Waals surface area contributed by atoms with Crippen molar-refractivity contribution >= 4 is 23.4 Å². The minimum absolute atomic E-state index is 0.0339. The van der Waals surface area contributed by atoms with Crippen molar-refractivity contribution in [2.75, 3.05) is 6.54 Å². The highest BCUT2D eigenvalue weighted by molar-refractivity contribution is 6.31. The van der Waals surface area contributed by atoms with Crippen LogP contribution >= 0.6 is 11.6 Å². The van der Waals surface area contributed by atoms with Crippen molar-refractivity contribution in [2.24, 2.45) is 5.92 Å². The lowest BCUT2D eigenvalue weighted by Crippen LogP contribution is -2.62. The Bertz CT molecular complexity index is 620. The number of fused-ring (bicyclic) bond motifs is 1. The summed E-state index contributed by atoms with van der Waals surface area (Å²) in [7, 11) is 0. The van der Waals surface area contributed by atoms with Crippen LogP contribution in [0.2, 0.25) is 5.02 Å². The predicted molar refractivity (Wildman–Crippen MR) is 89.0 cm³/mol. The lowest BCUT2D eigenvalue weighted by molar-refractivity contribution is -0.148. The summed E-state index contributed by atoms with van der Waals surface area (Å²) in [6.07, 6.45) is 0.646. The molecule has 0 unspecified atom stereocenters. The number of benzene rings is 1. The van der Waals surface area contributed by atoms with Crippen LogP contribution in [0.15, 0.2) is 24.3 Å². The third-order valence-corrected chi connectivity index (χ3v) is 5.03. The SMILES string of the molecule is CC(C)[C@H]1NC(=O)[C@@H]2C[C@H](NCc3ccccc3Cl)CN2C1=O. The summed E-state index contributed by atoms with van der Waals surface area (Å²) in [4.78, 5) is 26.5. The lowest BCUT2D eigenvalue weighted by atomic mass is 9.98. The van der Waals surface area contributed by atoms with Gasteiger partial charge in [0.25, 0.3) is 0 Å². The van der Waals surface area contributed by atoms with Gasteiger partial charge in [-0.1, -0.05) is 43.6 Å². The Balaban J connectivity index is 1.64. The molecule has 2 saturated heterocycles. The zero-order valence-corrected chi connectivity index (χ0v) is 14.1. The van der Waals surface area contributed by atoms with Crippen LogP contribution in [-0.4, -0.2) is 41.4 Å². The number of carbonyl (C=O) groups is 2. The van der Waals surface area contributed by atoms with Crippen LogP contribution in [-0.2, 0) is 16.1 Å². The topological polar surface area (TPSA) is 61.4 Å². The number of carbonyl (C=O) groups excluding carboxylic acids is 2. The molecule has 2 aliphatic heterocycles. The molecule has 2 amide bonds. The number of nitrogens with one attached hydrogen (secondary N) is 2. The van der Waals surface area contributed by atoms with Crippen molar-refractivity contribution in [3.05, 3.63) is 34.9 Å². The molecule has 5 nitrogen and oxygen atoms in total. The van der Waals surface area contributed by atoms with Gasteiger partial charge in [-0.25, -0.2) is 0 Å². The third kappa shape index (κ3) is 3.21. The van der Waals surface area contributed by atoms with E-state index in [-0.39, 0.29) is 29.8 Å².